The summed E-state index contributed by atoms with van der Waals surface area (Å²) in [6, 6.07) is 9.60. The molecule has 2 unspecified atom stereocenters. The predicted octanol–water partition coefficient (Wildman–Crippen LogP) is 4.48. The highest BCUT2D eigenvalue weighted by Crippen LogP contribution is 2.47. The van der Waals surface area contributed by atoms with Crippen LogP contribution in [0.3, 0.4) is 0 Å². The van der Waals surface area contributed by atoms with Crippen molar-refractivity contribution in [1.82, 2.24) is 4.90 Å². The molecule has 1 N–H and O–H groups in total. The lowest BCUT2D eigenvalue weighted by Gasteiger charge is -2.26. The second-order valence-corrected chi connectivity index (χ2v) is 8.74. The van der Waals surface area contributed by atoms with E-state index in [1.807, 2.05) is 35.2 Å². The number of rotatable bonds is 6. The van der Waals surface area contributed by atoms with Gasteiger partial charge in [0.1, 0.15) is 0 Å². The Hall–Kier alpha value is -0.850. The molecule has 0 bridgehead atoms. The van der Waals surface area contributed by atoms with E-state index in [0.29, 0.717) is 6.42 Å². The van der Waals surface area contributed by atoms with Crippen LogP contribution in [0.25, 0.3) is 0 Å². The van der Waals surface area contributed by atoms with Gasteiger partial charge in [-0.05, 0) is 37.8 Å². The Bertz CT molecular complexity index is 653. The standard InChI is InChI=1S/C16H18NO4PS2/c18-16(23-12-6-2-1-3-7-12)10-15-17(11-21-22(19)20)13-8-4-5-9-14(13)24-15/h1-3,6-7,15H,4-5,8-11H2/p+1. The Morgan fingerprint density at radius 3 is 2.83 bits per heavy atom. The maximum absolute atomic E-state index is 12.4. The number of hydrogen-bond acceptors (Lipinski definition) is 6. The third-order valence-corrected chi connectivity index (χ3v) is 6.64. The molecule has 1 heterocycles. The number of hydrogen-bond donors (Lipinski definition) is 1. The van der Waals surface area contributed by atoms with Crippen molar-refractivity contribution in [2.24, 2.45) is 0 Å². The summed E-state index contributed by atoms with van der Waals surface area (Å²) in [5.41, 5.74) is 1.19. The molecule has 0 aromatic heterocycles. The molecule has 0 saturated heterocycles. The normalized spacial score (nSPS) is 21.0. The first-order valence-electron chi connectivity index (χ1n) is 7.83. The van der Waals surface area contributed by atoms with Crippen LogP contribution in [0.4, 0.5) is 0 Å². The topological polar surface area (TPSA) is 66.8 Å². The Balaban J connectivity index is 1.64. The molecule has 1 aliphatic carbocycles. The molecule has 0 fully saturated rings. The third-order valence-electron chi connectivity index (χ3n) is 3.99. The van der Waals surface area contributed by atoms with Gasteiger partial charge in [0.25, 0.3) is 0 Å². The fourth-order valence-corrected chi connectivity index (χ4v) is 5.54. The van der Waals surface area contributed by atoms with Gasteiger partial charge >= 0.3 is 8.25 Å². The zero-order chi connectivity index (χ0) is 16.9. The molecule has 0 radical (unpaired) electrons. The molecule has 5 nitrogen and oxygen atoms in total. The van der Waals surface area contributed by atoms with E-state index in [4.69, 9.17) is 9.42 Å². The molecule has 0 amide bonds. The van der Waals surface area contributed by atoms with E-state index in [0.717, 1.165) is 30.6 Å². The van der Waals surface area contributed by atoms with E-state index >= 15 is 0 Å². The molecule has 1 aliphatic heterocycles. The number of carbonyl (C=O) groups is 1. The van der Waals surface area contributed by atoms with Crippen molar-refractivity contribution in [2.45, 2.75) is 42.4 Å². The van der Waals surface area contributed by atoms with Gasteiger partial charge in [-0.3, -0.25) is 4.79 Å². The van der Waals surface area contributed by atoms with E-state index in [9.17, 15) is 9.36 Å². The predicted molar refractivity (Wildman–Crippen MR) is 96.4 cm³/mol. The maximum atomic E-state index is 12.4. The summed E-state index contributed by atoms with van der Waals surface area (Å²) < 4.78 is 15.8. The molecule has 2 atom stereocenters. The van der Waals surface area contributed by atoms with Crippen LogP contribution in [0.2, 0.25) is 0 Å². The summed E-state index contributed by atoms with van der Waals surface area (Å²) in [5, 5.41) is 0.0451. The van der Waals surface area contributed by atoms with Gasteiger partial charge in [0.2, 0.25) is 0 Å². The number of nitrogens with zero attached hydrogens (tertiary/aromatic N) is 1. The van der Waals surface area contributed by atoms with Crippen molar-refractivity contribution in [3.63, 3.8) is 0 Å². The van der Waals surface area contributed by atoms with Gasteiger partial charge in [-0.25, -0.2) is 0 Å². The highest BCUT2D eigenvalue weighted by molar-refractivity contribution is 8.13. The van der Waals surface area contributed by atoms with Crippen molar-refractivity contribution >= 4 is 36.9 Å². The average molecular weight is 384 g/mol. The Morgan fingerprint density at radius 2 is 2.08 bits per heavy atom. The minimum atomic E-state index is -2.63. The molecule has 24 heavy (non-hydrogen) atoms. The maximum Gasteiger partial charge on any atom is 0.696 e. The Labute approximate surface area is 150 Å². The minimum Gasteiger partial charge on any atom is -0.334 e. The van der Waals surface area contributed by atoms with Crippen LogP contribution in [0.5, 0.6) is 0 Å². The SMILES string of the molecule is O=C(CC1SC2=C(CCCC2)N1CO[P+](=O)O)Sc1ccccc1. The minimum absolute atomic E-state index is 0.0493. The van der Waals surface area contributed by atoms with Crippen LogP contribution in [-0.2, 0) is 13.9 Å². The first kappa shape index (κ1) is 18.0. The monoisotopic (exact) mass is 384 g/mol. The molecule has 3 rings (SSSR count). The van der Waals surface area contributed by atoms with Gasteiger partial charge in [-0.2, -0.15) is 0 Å². The summed E-state index contributed by atoms with van der Waals surface area (Å²) >= 11 is 2.95. The van der Waals surface area contributed by atoms with Gasteiger partial charge in [0, 0.05) is 26.5 Å². The van der Waals surface area contributed by atoms with Gasteiger partial charge in [-0.1, -0.05) is 34.5 Å². The van der Waals surface area contributed by atoms with Crippen molar-refractivity contribution in [2.75, 3.05) is 6.73 Å². The van der Waals surface area contributed by atoms with Crippen LogP contribution in [-0.4, -0.2) is 27.0 Å². The summed E-state index contributed by atoms with van der Waals surface area (Å²) in [4.78, 5) is 25.6. The first-order valence-corrected chi connectivity index (χ1v) is 10.7. The molecule has 1 aromatic rings. The van der Waals surface area contributed by atoms with Crippen LogP contribution in [0.15, 0.2) is 45.8 Å². The largest absolute Gasteiger partial charge is 0.696 e. The van der Waals surface area contributed by atoms with E-state index in [1.165, 1.54) is 22.4 Å². The lowest BCUT2D eigenvalue weighted by molar-refractivity contribution is -0.111. The van der Waals surface area contributed by atoms with Crippen molar-refractivity contribution in [1.29, 1.82) is 0 Å². The fourth-order valence-electron chi connectivity index (χ4n) is 2.92. The van der Waals surface area contributed by atoms with Gasteiger partial charge in [0.15, 0.2) is 11.8 Å². The zero-order valence-corrected chi connectivity index (χ0v) is 15.6. The van der Waals surface area contributed by atoms with Crippen LogP contribution >= 0.6 is 31.8 Å². The number of allylic oxidation sites excluding steroid dienone is 2. The molecule has 2 aliphatic rings. The lowest BCUT2D eigenvalue weighted by atomic mass is 10.0. The molecule has 1 aromatic carbocycles. The molecular weight excluding hydrogens is 365 g/mol. The highest BCUT2D eigenvalue weighted by Gasteiger charge is 2.36. The smallest absolute Gasteiger partial charge is 0.334 e. The lowest BCUT2D eigenvalue weighted by Crippen LogP contribution is -2.31. The van der Waals surface area contributed by atoms with Gasteiger partial charge in [0.05, 0.1) is 5.37 Å². The molecule has 0 saturated carbocycles. The Morgan fingerprint density at radius 1 is 1.33 bits per heavy atom. The zero-order valence-electron chi connectivity index (χ0n) is 13.1. The molecule has 8 heteroatoms. The van der Waals surface area contributed by atoms with E-state index < -0.39 is 8.25 Å². The quantitative estimate of drug-likeness (QED) is 0.573. The van der Waals surface area contributed by atoms with Crippen molar-refractivity contribution in [3.8, 4) is 0 Å². The average Bonchev–Trinajstić information content (AvgIpc) is 2.90. The second kappa shape index (κ2) is 8.50. The van der Waals surface area contributed by atoms with E-state index in [-0.39, 0.29) is 17.2 Å². The van der Waals surface area contributed by atoms with Crippen LogP contribution < -0.4 is 0 Å². The number of carbonyl (C=O) groups excluding carboxylic acids is 1. The highest BCUT2D eigenvalue weighted by atomic mass is 32.2. The van der Waals surface area contributed by atoms with Gasteiger partial charge in [-0.15, -0.1) is 16.7 Å². The van der Waals surface area contributed by atoms with Crippen molar-refractivity contribution < 1.29 is 18.8 Å². The van der Waals surface area contributed by atoms with E-state index in [1.54, 1.807) is 11.8 Å². The summed E-state index contributed by atoms with van der Waals surface area (Å²) in [6.45, 7) is 0.0610. The fraction of sp³-hybridized carbons (Fsp3) is 0.438. The number of benzene rings is 1. The second-order valence-electron chi connectivity index (χ2n) is 5.61. The summed E-state index contributed by atoms with van der Waals surface area (Å²) in [6.07, 6.45) is 4.63. The third kappa shape index (κ3) is 4.61. The Kier molecular flexibility index (Phi) is 6.36. The van der Waals surface area contributed by atoms with Crippen LogP contribution in [0.1, 0.15) is 32.1 Å². The molecule has 0 spiro atoms. The van der Waals surface area contributed by atoms with Crippen molar-refractivity contribution in [3.05, 3.63) is 40.9 Å². The van der Waals surface area contributed by atoms with Crippen LogP contribution in [0, 0.1) is 0 Å². The number of thioether (sulfide) groups is 2. The molecular formula is C16H19NO4PS2+. The summed E-state index contributed by atoms with van der Waals surface area (Å²) in [5.74, 6) is 0. The summed E-state index contributed by atoms with van der Waals surface area (Å²) in [7, 11) is -2.63. The van der Waals surface area contributed by atoms with Gasteiger partial charge < -0.3 is 4.90 Å². The van der Waals surface area contributed by atoms with E-state index in [2.05, 4.69) is 0 Å². The molecule has 128 valence electrons. The first-order chi connectivity index (χ1) is 11.6.